The van der Waals surface area contributed by atoms with Gasteiger partial charge in [0.1, 0.15) is 5.69 Å². The van der Waals surface area contributed by atoms with Gasteiger partial charge in [-0.1, -0.05) is 32.4 Å². The van der Waals surface area contributed by atoms with Gasteiger partial charge in [-0.25, -0.2) is 0 Å². The molecule has 4 heteroatoms. The van der Waals surface area contributed by atoms with E-state index in [1.807, 2.05) is 0 Å². The molecule has 0 radical (unpaired) electrons. The standard InChI is InChI=1S/C12H18N2O2/c1-3-6-10(2)9-13-11-7-4-5-8-12(11)14(15)16/h4-5,7-8,10,13H,3,6,9H2,1-2H3. The highest BCUT2D eigenvalue weighted by atomic mass is 16.6. The average molecular weight is 222 g/mol. The van der Waals surface area contributed by atoms with Crippen LogP contribution in [0.4, 0.5) is 11.4 Å². The summed E-state index contributed by atoms with van der Waals surface area (Å²) < 4.78 is 0. The lowest BCUT2D eigenvalue weighted by Crippen LogP contribution is -2.11. The van der Waals surface area contributed by atoms with Crippen molar-refractivity contribution in [3.8, 4) is 0 Å². The third-order valence-corrected chi connectivity index (χ3v) is 2.52. The van der Waals surface area contributed by atoms with Crippen molar-refractivity contribution in [1.29, 1.82) is 0 Å². The Morgan fingerprint density at radius 1 is 1.44 bits per heavy atom. The second-order valence-electron chi connectivity index (χ2n) is 4.05. The van der Waals surface area contributed by atoms with E-state index < -0.39 is 0 Å². The molecule has 0 saturated heterocycles. The molecular formula is C12H18N2O2. The third kappa shape index (κ3) is 3.53. The van der Waals surface area contributed by atoms with Crippen LogP contribution in [0, 0.1) is 16.0 Å². The molecule has 0 fully saturated rings. The minimum atomic E-state index is -0.354. The van der Waals surface area contributed by atoms with E-state index in [1.165, 1.54) is 6.07 Å². The van der Waals surface area contributed by atoms with E-state index >= 15 is 0 Å². The third-order valence-electron chi connectivity index (χ3n) is 2.52. The highest BCUT2D eigenvalue weighted by Crippen LogP contribution is 2.23. The Bertz CT molecular complexity index is 353. The van der Waals surface area contributed by atoms with E-state index in [0.29, 0.717) is 11.6 Å². The lowest BCUT2D eigenvalue weighted by molar-refractivity contribution is -0.384. The lowest BCUT2D eigenvalue weighted by Gasteiger charge is -2.12. The first kappa shape index (κ1) is 12.5. The van der Waals surface area contributed by atoms with Gasteiger partial charge in [-0.15, -0.1) is 0 Å². The van der Waals surface area contributed by atoms with E-state index in [-0.39, 0.29) is 10.6 Å². The van der Waals surface area contributed by atoms with Crippen LogP contribution in [-0.2, 0) is 0 Å². The summed E-state index contributed by atoms with van der Waals surface area (Å²) in [6.45, 7) is 5.06. The SMILES string of the molecule is CCCC(C)CNc1ccccc1[N+](=O)[O-]. The van der Waals surface area contributed by atoms with Gasteiger partial charge >= 0.3 is 0 Å². The summed E-state index contributed by atoms with van der Waals surface area (Å²) in [6, 6.07) is 6.75. The molecule has 0 saturated carbocycles. The summed E-state index contributed by atoms with van der Waals surface area (Å²) in [5.41, 5.74) is 0.752. The van der Waals surface area contributed by atoms with Gasteiger partial charge in [0.05, 0.1) is 4.92 Å². The van der Waals surface area contributed by atoms with Gasteiger partial charge < -0.3 is 5.32 Å². The van der Waals surface area contributed by atoms with Crippen molar-refractivity contribution in [3.63, 3.8) is 0 Å². The topological polar surface area (TPSA) is 55.2 Å². The molecule has 0 aromatic heterocycles. The predicted molar refractivity (Wildman–Crippen MR) is 65.7 cm³/mol. The average Bonchev–Trinajstić information content (AvgIpc) is 2.27. The fourth-order valence-electron chi connectivity index (χ4n) is 1.66. The van der Waals surface area contributed by atoms with Crippen LogP contribution >= 0.6 is 0 Å². The van der Waals surface area contributed by atoms with Crippen molar-refractivity contribution in [1.82, 2.24) is 0 Å². The Labute approximate surface area is 95.8 Å². The summed E-state index contributed by atoms with van der Waals surface area (Å²) >= 11 is 0. The number of nitro groups is 1. The summed E-state index contributed by atoms with van der Waals surface area (Å²) in [7, 11) is 0. The summed E-state index contributed by atoms with van der Waals surface area (Å²) in [5, 5.41) is 13.9. The minimum absolute atomic E-state index is 0.145. The molecule has 0 heterocycles. The number of rotatable bonds is 6. The van der Waals surface area contributed by atoms with Crippen LogP contribution < -0.4 is 5.32 Å². The first-order chi connectivity index (χ1) is 7.65. The van der Waals surface area contributed by atoms with Gasteiger partial charge in [0, 0.05) is 12.6 Å². The number of benzene rings is 1. The van der Waals surface area contributed by atoms with Gasteiger partial charge in [-0.2, -0.15) is 0 Å². The Balaban J connectivity index is 2.63. The van der Waals surface area contributed by atoms with Crippen LogP contribution in [0.15, 0.2) is 24.3 Å². The van der Waals surface area contributed by atoms with E-state index in [0.717, 1.165) is 19.4 Å². The summed E-state index contributed by atoms with van der Waals surface area (Å²) in [5.74, 6) is 0.532. The maximum atomic E-state index is 10.8. The highest BCUT2D eigenvalue weighted by Gasteiger charge is 2.12. The second-order valence-corrected chi connectivity index (χ2v) is 4.05. The zero-order chi connectivity index (χ0) is 12.0. The van der Waals surface area contributed by atoms with Crippen molar-refractivity contribution in [2.75, 3.05) is 11.9 Å². The smallest absolute Gasteiger partial charge is 0.292 e. The van der Waals surface area contributed by atoms with Gasteiger partial charge in [-0.3, -0.25) is 10.1 Å². The normalized spacial score (nSPS) is 12.1. The van der Waals surface area contributed by atoms with Gasteiger partial charge in [-0.05, 0) is 18.4 Å². The monoisotopic (exact) mass is 222 g/mol. The fourth-order valence-corrected chi connectivity index (χ4v) is 1.66. The Hall–Kier alpha value is -1.58. The molecule has 0 amide bonds. The van der Waals surface area contributed by atoms with Crippen LogP contribution in [0.3, 0.4) is 0 Å². The molecule has 0 bridgehead atoms. The molecule has 1 unspecified atom stereocenters. The molecular weight excluding hydrogens is 204 g/mol. The molecule has 0 aliphatic rings. The van der Waals surface area contributed by atoms with E-state index in [4.69, 9.17) is 0 Å². The largest absolute Gasteiger partial charge is 0.379 e. The van der Waals surface area contributed by atoms with E-state index in [1.54, 1.807) is 18.2 Å². The first-order valence-corrected chi connectivity index (χ1v) is 5.62. The molecule has 1 aromatic carbocycles. The van der Waals surface area contributed by atoms with E-state index in [9.17, 15) is 10.1 Å². The Kier molecular flexibility index (Phi) is 4.76. The van der Waals surface area contributed by atoms with Crippen molar-refractivity contribution >= 4 is 11.4 Å². The molecule has 0 aliphatic carbocycles. The zero-order valence-electron chi connectivity index (χ0n) is 9.77. The number of para-hydroxylation sites is 2. The molecule has 0 spiro atoms. The Morgan fingerprint density at radius 3 is 2.75 bits per heavy atom. The first-order valence-electron chi connectivity index (χ1n) is 5.62. The van der Waals surface area contributed by atoms with Crippen LogP contribution in [-0.4, -0.2) is 11.5 Å². The Morgan fingerprint density at radius 2 is 2.12 bits per heavy atom. The highest BCUT2D eigenvalue weighted by molar-refractivity contribution is 5.61. The number of nitro benzene ring substituents is 1. The summed E-state index contributed by atoms with van der Waals surface area (Å²) in [4.78, 5) is 10.4. The number of nitrogens with zero attached hydrogens (tertiary/aromatic N) is 1. The van der Waals surface area contributed by atoms with Crippen molar-refractivity contribution in [2.24, 2.45) is 5.92 Å². The minimum Gasteiger partial charge on any atom is -0.379 e. The molecule has 1 rings (SSSR count). The quantitative estimate of drug-likeness (QED) is 0.592. The number of anilines is 1. The van der Waals surface area contributed by atoms with Gasteiger partial charge in [0.2, 0.25) is 0 Å². The molecule has 1 atom stereocenters. The van der Waals surface area contributed by atoms with Crippen molar-refractivity contribution in [3.05, 3.63) is 34.4 Å². The molecule has 0 aliphatic heterocycles. The number of nitrogens with one attached hydrogen (secondary N) is 1. The van der Waals surface area contributed by atoms with Gasteiger partial charge in [0.15, 0.2) is 0 Å². The number of hydrogen-bond acceptors (Lipinski definition) is 3. The van der Waals surface area contributed by atoms with Crippen LogP contribution in [0.1, 0.15) is 26.7 Å². The molecule has 1 N–H and O–H groups in total. The summed E-state index contributed by atoms with van der Waals surface area (Å²) in [6.07, 6.45) is 2.27. The molecule has 16 heavy (non-hydrogen) atoms. The van der Waals surface area contributed by atoms with Crippen LogP contribution in [0.25, 0.3) is 0 Å². The molecule has 4 nitrogen and oxygen atoms in total. The molecule has 88 valence electrons. The maximum absolute atomic E-state index is 10.8. The zero-order valence-corrected chi connectivity index (χ0v) is 9.77. The van der Waals surface area contributed by atoms with Crippen molar-refractivity contribution in [2.45, 2.75) is 26.7 Å². The lowest BCUT2D eigenvalue weighted by atomic mass is 10.1. The fraction of sp³-hybridized carbons (Fsp3) is 0.500. The van der Waals surface area contributed by atoms with Crippen molar-refractivity contribution < 1.29 is 4.92 Å². The van der Waals surface area contributed by atoms with E-state index in [2.05, 4.69) is 19.2 Å². The maximum Gasteiger partial charge on any atom is 0.292 e. The second kappa shape index (κ2) is 6.10. The predicted octanol–water partition coefficient (Wildman–Crippen LogP) is 3.44. The van der Waals surface area contributed by atoms with Gasteiger partial charge in [0.25, 0.3) is 5.69 Å². The van der Waals surface area contributed by atoms with Crippen LogP contribution in [0.5, 0.6) is 0 Å². The molecule has 1 aromatic rings. The van der Waals surface area contributed by atoms with Crippen LogP contribution in [0.2, 0.25) is 0 Å². The number of hydrogen-bond donors (Lipinski definition) is 1.